The minimum Gasteiger partial charge on any atom is -0.462 e. The fraction of sp³-hybridized carbons (Fsp3) is 0.955. The fourth-order valence-electron chi connectivity index (χ4n) is 10.6. The van der Waals surface area contributed by atoms with Gasteiger partial charge >= 0.3 is 17.9 Å². The van der Waals surface area contributed by atoms with Crippen molar-refractivity contribution in [3.63, 3.8) is 0 Å². The van der Waals surface area contributed by atoms with Gasteiger partial charge in [-0.15, -0.1) is 0 Å². The molecule has 0 aliphatic heterocycles. The van der Waals surface area contributed by atoms with Crippen LogP contribution in [-0.2, 0) is 28.6 Å². The van der Waals surface area contributed by atoms with E-state index in [0.29, 0.717) is 19.3 Å². The molecule has 6 heteroatoms. The van der Waals surface area contributed by atoms with Crippen molar-refractivity contribution in [3.05, 3.63) is 0 Å². The van der Waals surface area contributed by atoms with Crippen LogP contribution in [0.2, 0.25) is 0 Å². The van der Waals surface area contributed by atoms with Crippen LogP contribution < -0.4 is 0 Å². The highest BCUT2D eigenvalue weighted by atomic mass is 16.6. The van der Waals surface area contributed by atoms with E-state index >= 15 is 0 Å². The van der Waals surface area contributed by atoms with E-state index in [0.717, 1.165) is 57.8 Å². The van der Waals surface area contributed by atoms with Gasteiger partial charge < -0.3 is 14.2 Å². The second kappa shape index (κ2) is 62.9. The van der Waals surface area contributed by atoms with Gasteiger partial charge in [-0.3, -0.25) is 14.4 Å². The highest BCUT2D eigenvalue weighted by Gasteiger charge is 2.19. The molecular weight excluding hydrogens is 901 g/mol. The van der Waals surface area contributed by atoms with Crippen LogP contribution in [0.5, 0.6) is 0 Å². The van der Waals surface area contributed by atoms with Gasteiger partial charge in [0, 0.05) is 19.3 Å². The number of hydrogen-bond donors (Lipinski definition) is 0. The number of esters is 3. The Labute approximate surface area is 457 Å². The Balaban J connectivity index is 4.23. The zero-order valence-corrected chi connectivity index (χ0v) is 50.0. The predicted molar refractivity (Wildman–Crippen MR) is 317 cm³/mol. The standard InChI is InChI=1S/C67H130O6/c1-4-7-10-13-16-19-22-25-28-30-31-32-33-34-35-37-39-42-45-48-51-54-57-60-66(69)72-63-64(62-71-65(68)59-56-53-50-47-44-41-38-27-24-21-18-15-12-9-6-3)73-67(70)61-58-55-52-49-46-43-40-36-29-26-23-20-17-14-11-8-5-2/h64H,4-63H2,1-3H3. The minimum atomic E-state index is -0.762. The molecule has 0 aromatic carbocycles. The Morgan fingerprint density at radius 1 is 0.219 bits per heavy atom. The third kappa shape index (κ3) is 61.1. The zero-order chi connectivity index (χ0) is 52.9. The van der Waals surface area contributed by atoms with Crippen molar-refractivity contribution in [3.8, 4) is 0 Å². The third-order valence-corrected chi connectivity index (χ3v) is 15.6. The van der Waals surface area contributed by atoms with Crippen LogP contribution in [0.4, 0.5) is 0 Å². The molecule has 0 bridgehead atoms. The van der Waals surface area contributed by atoms with Crippen molar-refractivity contribution < 1.29 is 28.6 Å². The first-order valence-corrected chi connectivity index (χ1v) is 33.5. The lowest BCUT2D eigenvalue weighted by molar-refractivity contribution is -0.167. The van der Waals surface area contributed by atoms with Crippen LogP contribution in [0.15, 0.2) is 0 Å². The van der Waals surface area contributed by atoms with Crippen molar-refractivity contribution in [2.45, 2.75) is 399 Å². The number of rotatable bonds is 63. The molecule has 0 rings (SSSR count). The van der Waals surface area contributed by atoms with Gasteiger partial charge in [-0.05, 0) is 19.3 Å². The monoisotopic (exact) mass is 1030 g/mol. The summed E-state index contributed by atoms with van der Waals surface area (Å²) >= 11 is 0. The van der Waals surface area contributed by atoms with Crippen molar-refractivity contribution in [1.82, 2.24) is 0 Å². The van der Waals surface area contributed by atoms with E-state index in [4.69, 9.17) is 14.2 Å². The molecule has 0 radical (unpaired) electrons. The number of carbonyl (C=O) groups is 3. The summed E-state index contributed by atoms with van der Waals surface area (Å²) in [5, 5.41) is 0. The molecule has 73 heavy (non-hydrogen) atoms. The number of unbranched alkanes of at least 4 members (excludes halogenated alkanes) is 52. The maximum Gasteiger partial charge on any atom is 0.306 e. The summed E-state index contributed by atoms with van der Waals surface area (Å²) < 4.78 is 17.0. The Morgan fingerprint density at radius 2 is 0.370 bits per heavy atom. The molecule has 6 nitrogen and oxygen atoms in total. The Hall–Kier alpha value is -1.59. The molecule has 0 saturated heterocycles. The molecule has 0 N–H and O–H groups in total. The maximum absolute atomic E-state index is 12.9. The Morgan fingerprint density at radius 3 is 0.548 bits per heavy atom. The largest absolute Gasteiger partial charge is 0.462 e. The first kappa shape index (κ1) is 71.4. The normalized spacial score (nSPS) is 11.9. The molecule has 1 atom stereocenters. The van der Waals surface area contributed by atoms with Gasteiger partial charge in [0.2, 0.25) is 0 Å². The van der Waals surface area contributed by atoms with Crippen LogP contribution in [0.3, 0.4) is 0 Å². The van der Waals surface area contributed by atoms with E-state index in [2.05, 4.69) is 20.8 Å². The lowest BCUT2D eigenvalue weighted by atomic mass is 10.0. The molecule has 0 heterocycles. The molecule has 1 unspecified atom stereocenters. The number of hydrogen-bond acceptors (Lipinski definition) is 6. The van der Waals surface area contributed by atoms with E-state index in [-0.39, 0.29) is 31.1 Å². The number of carbonyl (C=O) groups excluding carboxylic acids is 3. The summed E-state index contributed by atoms with van der Waals surface area (Å²) in [7, 11) is 0. The zero-order valence-electron chi connectivity index (χ0n) is 50.0. The summed E-state index contributed by atoms with van der Waals surface area (Å²) in [5.41, 5.74) is 0. The Bertz CT molecular complexity index is 1090. The fourth-order valence-corrected chi connectivity index (χ4v) is 10.6. The summed E-state index contributed by atoms with van der Waals surface area (Å²) in [5.74, 6) is -0.822. The second-order valence-electron chi connectivity index (χ2n) is 23.1. The van der Waals surface area contributed by atoms with Crippen LogP contribution in [0, 0.1) is 0 Å². The SMILES string of the molecule is CCCCCCCCCCCCCCCCCCCCCCCCCC(=O)OCC(COC(=O)CCCCCCCCCCCCCCCCC)OC(=O)CCCCCCCCCCCCCCCCCCC. The molecule has 0 aromatic rings. The van der Waals surface area contributed by atoms with Gasteiger partial charge in [0.25, 0.3) is 0 Å². The van der Waals surface area contributed by atoms with E-state index in [1.807, 2.05) is 0 Å². The minimum absolute atomic E-state index is 0.0603. The number of ether oxygens (including phenoxy) is 3. The molecular formula is C67H130O6. The topological polar surface area (TPSA) is 78.9 Å². The third-order valence-electron chi connectivity index (χ3n) is 15.6. The van der Waals surface area contributed by atoms with Crippen LogP contribution >= 0.6 is 0 Å². The van der Waals surface area contributed by atoms with Crippen molar-refractivity contribution >= 4 is 17.9 Å². The van der Waals surface area contributed by atoms with Gasteiger partial charge in [0.1, 0.15) is 13.2 Å². The second-order valence-corrected chi connectivity index (χ2v) is 23.1. The molecule has 434 valence electrons. The van der Waals surface area contributed by atoms with Crippen molar-refractivity contribution in [1.29, 1.82) is 0 Å². The summed E-state index contributed by atoms with van der Waals surface area (Å²) in [6.45, 7) is 6.74. The average molecular weight is 1030 g/mol. The van der Waals surface area contributed by atoms with Gasteiger partial charge in [-0.1, -0.05) is 355 Å². The average Bonchev–Trinajstić information content (AvgIpc) is 3.39. The summed E-state index contributed by atoms with van der Waals surface area (Å²) in [6.07, 6.45) is 72.6. The molecule has 0 amide bonds. The maximum atomic E-state index is 12.9. The van der Waals surface area contributed by atoms with E-state index < -0.39 is 6.10 Å². The van der Waals surface area contributed by atoms with Gasteiger partial charge in [0.05, 0.1) is 0 Å². The van der Waals surface area contributed by atoms with Gasteiger partial charge in [0.15, 0.2) is 6.10 Å². The smallest absolute Gasteiger partial charge is 0.306 e. The lowest BCUT2D eigenvalue weighted by Crippen LogP contribution is -2.30. The predicted octanol–water partition coefficient (Wildman–Crippen LogP) is 22.7. The molecule has 0 spiro atoms. The van der Waals surface area contributed by atoms with E-state index in [9.17, 15) is 14.4 Å². The molecule has 0 aliphatic rings. The van der Waals surface area contributed by atoms with Crippen LogP contribution in [0.25, 0.3) is 0 Å². The molecule has 0 aliphatic carbocycles. The van der Waals surface area contributed by atoms with Crippen molar-refractivity contribution in [2.75, 3.05) is 13.2 Å². The van der Waals surface area contributed by atoms with E-state index in [1.54, 1.807) is 0 Å². The van der Waals surface area contributed by atoms with Crippen LogP contribution in [0.1, 0.15) is 393 Å². The van der Waals surface area contributed by atoms with Crippen LogP contribution in [-0.4, -0.2) is 37.2 Å². The first-order valence-electron chi connectivity index (χ1n) is 33.5. The molecule has 0 fully saturated rings. The summed E-state index contributed by atoms with van der Waals surface area (Å²) in [4.78, 5) is 38.3. The van der Waals surface area contributed by atoms with Gasteiger partial charge in [-0.2, -0.15) is 0 Å². The van der Waals surface area contributed by atoms with Crippen molar-refractivity contribution in [2.24, 2.45) is 0 Å². The Kier molecular flexibility index (Phi) is 61.6. The molecule has 0 aromatic heterocycles. The quantitative estimate of drug-likeness (QED) is 0.0343. The first-order chi connectivity index (χ1) is 36.0. The lowest BCUT2D eigenvalue weighted by Gasteiger charge is -2.18. The van der Waals surface area contributed by atoms with Gasteiger partial charge in [-0.25, -0.2) is 0 Å². The van der Waals surface area contributed by atoms with E-state index in [1.165, 1.54) is 295 Å². The summed E-state index contributed by atoms with van der Waals surface area (Å²) in [6, 6.07) is 0. The molecule has 0 saturated carbocycles. The highest BCUT2D eigenvalue weighted by Crippen LogP contribution is 2.19. The highest BCUT2D eigenvalue weighted by molar-refractivity contribution is 5.71.